The molecule has 3 rings (SSSR count). The quantitative estimate of drug-likeness (QED) is 0.795. The zero-order valence-electron chi connectivity index (χ0n) is 11.1. The zero-order chi connectivity index (χ0) is 12.2. The van der Waals surface area contributed by atoms with Crippen LogP contribution in [-0.2, 0) is 7.05 Å². The summed E-state index contributed by atoms with van der Waals surface area (Å²) in [4.78, 5) is 2.58. The van der Waals surface area contributed by atoms with Crippen LogP contribution < -0.4 is 4.74 Å². The third kappa shape index (κ3) is 1.58. The molecule has 0 spiro atoms. The predicted octanol–water partition coefficient (Wildman–Crippen LogP) is 1.48. The Morgan fingerprint density at radius 3 is 2.53 bits per heavy atom. The number of methoxy groups -OCH3 is 1. The van der Waals surface area contributed by atoms with Crippen LogP contribution in [0.3, 0.4) is 0 Å². The molecule has 1 saturated heterocycles. The molecular formula is C13H21N3O. The molecule has 17 heavy (non-hydrogen) atoms. The van der Waals surface area contributed by atoms with Crippen LogP contribution in [0.15, 0.2) is 6.20 Å². The molecule has 0 radical (unpaired) electrons. The second-order valence-electron chi connectivity index (χ2n) is 5.63. The van der Waals surface area contributed by atoms with Gasteiger partial charge in [0.25, 0.3) is 0 Å². The highest BCUT2D eigenvalue weighted by molar-refractivity contribution is 5.36. The first-order valence-electron chi connectivity index (χ1n) is 6.43. The van der Waals surface area contributed by atoms with Crippen LogP contribution in [-0.4, -0.2) is 40.9 Å². The largest absolute Gasteiger partial charge is 0.481 e. The van der Waals surface area contributed by atoms with Crippen molar-refractivity contribution in [3.8, 4) is 5.88 Å². The first-order chi connectivity index (χ1) is 8.13. The number of hydrogen-bond acceptors (Lipinski definition) is 3. The van der Waals surface area contributed by atoms with Crippen molar-refractivity contribution in [1.29, 1.82) is 0 Å². The van der Waals surface area contributed by atoms with Crippen LogP contribution in [0.4, 0.5) is 0 Å². The maximum absolute atomic E-state index is 5.44. The van der Waals surface area contributed by atoms with E-state index < -0.39 is 0 Å². The molecule has 0 amide bonds. The minimum atomic E-state index is 0.680. The number of aromatic nitrogens is 2. The van der Waals surface area contributed by atoms with Gasteiger partial charge in [-0.15, -0.1) is 0 Å². The fourth-order valence-corrected chi connectivity index (χ4v) is 3.36. The number of piperidine rings is 1. The van der Waals surface area contributed by atoms with E-state index in [0.29, 0.717) is 12.0 Å². The molecule has 4 heteroatoms. The highest BCUT2D eigenvalue weighted by atomic mass is 16.5. The molecule has 1 aliphatic carbocycles. The average Bonchev–Trinajstić information content (AvgIpc) is 2.68. The van der Waals surface area contributed by atoms with Gasteiger partial charge in [-0.2, -0.15) is 5.10 Å². The first-order valence-corrected chi connectivity index (χ1v) is 6.43. The van der Waals surface area contributed by atoms with Crippen LogP contribution in [0.5, 0.6) is 5.88 Å². The molecule has 2 unspecified atom stereocenters. The number of nitrogens with zero attached hydrogens (tertiary/aromatic N) is 3. The Morgan fingerprint density at radius 1 is 1.35 bits per heavy atom. The average molecular weight is 235 g/mol. The van der Waals surface area contributed by atoms with Crippen LogP contribution in [0.1, 0.15) is 25.3 Å². The van der Waals surface area contributed by atoms with Gasteiger partial charge in [0, 0.05) is 31.7 Å². The second-order valence-corrected chi connectivity index (χ2v) is 5.63. The molecule has 2 fully saturated rings. The molecule has 1 aromatic rings. The third-order valence-corrected chi connectivity index (χ3v) is 4.42. The minimum Gasteiger partial charge on any atom is -0.481 e. The molecule has 2 atom stereocenters. The topological polar surface area (TPSA) is 30.3 Å². The highest BCUT2D eigenvalue weighted by Crippen LogP contribution is 2.60. The molecule has 2 aliphatic rings. The Kier molecular flexibility index (Phi) is 2.43. The van der Waals surface area contributed by atoms with Gasteiger partial charge in [-0.25, -0.2) is 4.68 Å². The Bertz CT molecular complexity index is 414. The fourth-order valence-electron chi connectivity index (χ4n) is 3.36. The molecule has 1 aromatic heterocycles. The molecule has 1 saturated carbocycles. The molecule has 2 heterocycles. The van der Waals surface area contributed by atoms with E-state index in [2.05, 4.69) is 23.8 Å². The van der Waals surface area contributed by atoms with E-state index in [0.717, 1.165) is 17.7 Å². The lowest BCUT2D eigenvalue weighted by molar-refractivity contribution is 0.242. The predicted molar refractivity (Wildman–Crippen MR) is 66.2 cm³/mol. The SMILES string of the molecule is COc1c(C2C3CN(C(C)C)CC32)cnn1C. The van der Waals surface area contributed by atoms with Crippen molar-refractivity contribution < 1.29 is 4.74 Å². The second kappa shape index (κ2) is 3.73. The van der Waals surface area contributed by atoms with Crippen molar-refractivity contribution in [2.75, 3.05) is 20.2 Å². The van der Waals surface area contributed by atoms with Crippen molar-refractivity contribution in [3.63, 3.8) is 0 Å². The van der Waals surface area contributed by atoms with Crippen LogP contribution in [0.25, 0.3) is 0 Å². The van der Waals surface area contributed by atoms with Crippen molar-refractivity contribution in [1.82, 2.24) is 14.7 Å². The number of rotatable bonds is 3. The monoisotopic (exact) mass is 235 g/mol. The number of likely N-dealkylation sites (tertiary alicyclic amines) is 1. The first kappa shape index (κ1) is 11.1. The summed E-state index contributed by atoms with van der Waals surface area (Å²) in [6, 6.07) is 0.680. The number of hydrogen-bond donors (Lipinski definition) is 0. The zero-order valence-corrected chi connectivity index (χ0v) is 11.1. The molecule has 4 nitrogen and oxygen atoms in total. The molecule has 0 N–H and O–H groups in total. The maximum atomic E-state index is 5.44. The lowest BCUT2D eigenvalue weighted by atomic mass is 10.1. The molecular weight excluding hydrogens is 214 g/mol. The Balaban J connectivity index is 1.74. The van der Waals surface area contributed by atoms with Gasteiger partial charge in [0.15, 0.2) is 0 Å². The van der Waals surface area contributed by atoms with Crippen molar-refractivity contribution >= 4 is 0 Å². The lowest BCUT2D eigenvalue weighted by Gasteiger charge is -2.23. The van der Waals surface area contributed by atoms with Crippen LogP contribution in [0, 0.1) is 11.8 Å². The molecule has 0 aromatic carbocycles. The van der Waals surface area contributed by atoms with Gasteiger partial charge in [-0.1, -0.05) is 0 Å². The van der Waals surface area contributed by atoms with Gasteiger partial charge >= 0.3 is 0 Å². The van der Waals surface area contributed by atoms with Crippen molar-refractivity contribution in [2.45, 2.75) is 25.8 Å². The Morgan fingerprint density at radius 2 is 2.00 bits per heavy atom. The summed E-state index contributed by atoms with van der Waals surface area (Å²) < 4.78 is 7.28. The fraction of sp³-hybridized carbons (Fsp3) is 0.769. The normalized spacial score (nSPS) is 31.9. The van der Waals surface area contributed by atoms with E-state index in [9.17, 15) is 0 Å². The number of fused-ring (bicyclic) bond motifs is 1. The van der Waals surface area contributed by atoms with E-state index >= 15 is 0 Å². The number of aryl methyl sites for hydroxylation is 1. The van der Waals surface area contributed by atoms with Gasteiger partial charge in [0.1, 0.15) is 0 Å². The van der Waals surface area contributed by atoms with Gasteiger partial charge in [0.2, 0.25) is 5.88 Å². The third-order valence-electron chi connectivity index (χ3n) is 4.42. The summed E-state index contributed by atoms with van der Waals surface area (Å²) in [5.41, 5.74) is 1.31. The van der Waals surface area contributed by atoms with Crippen LogP contribution in [0.2, 0.25) is 0 Å². The summed E-state index contributed by atoms with van der Waals surface area (Å²) in [6.45, 7) is 7.05. The summed E-state index contributed by atoms with van der Waals surface area (Å²) in [5, 5.41) is 4.31. The van der Waals surface area contributed by atoms with E-state index in [1.165, 1.54) is 18.7 Å². The van der Waals surface area contributed by atoms with E-state index in [1.54, 1.807) is 7.11 Å². The molecule has 0 bridgehead atoms. The minimum absolute atomic E-state index is 0.680. The highest BCUT2D eigenvalue weighted by Gasteiger charge is 2.57. The Labute approximate surface area is 103 Å². The van der Waals surface area contributed by atoms with Crippen molar-refractivity contribution in [3.05, 3.63) is 11.8 Å². The smallest absolute Gasteiger partial charge is 0.214 e. The molecule has 94 valence electrons. The summed E-state index contributed by atoms with van der Waals surface area (Å²) in [7, 11) is 3.68. The summed E-state index contributed by atoms with van der Waals surface area (Å²) in [5.74, 6) is 3.29. The maximum Gasteiger partial charge on any atom is 0.214 e. The van der Waals surface area contributed by atoms with Gasteiger partial charge in [-0.05, 0) is 31.6 Å². The summed E-state index contributed by atoms with van der Waals surface area (Å²) >= 11 is 0. The number of ether oxygens (including phenoxy) is 1. The van der Waals surface area contributed by atoms with E-state index in [1.807, 2.05) is 17.9 Å². The van der Waals surface area contributed by atoms with Crippen LogP contribution >= 0.6 is 0 Å². The van der Waals surface area contributed by atoms with Gasteiger partial charge in [-0.3, -0.25) is 0 Å². The molecule has 1 aliphatic heterocycles. The van der Waals surface area contributed by atoms with Gasteiger partial charge in [0.05, 0.1) is 13.3 Å². The Hall–Kier alpha value is -1.03. The van der Waals surface area contributed by atoms with E-state index in [-0.39, 0.29) is 0 Å². The summed E-state index contributed by atoms with van der Waals surface area (Å²) in [6.07, 6.45) is 1.99. The van der Waals surface area contributed by atoms with Crippen molar-refractivity contribution in [2.24, 2.45) is 18.9 Å². The van der Waals surface area contributed by atoms with E-state index in [4.69, 9.17) is 4.74 Å². The van der Waals surface area contributed by atoms with Gasteiger partial charge < -0.3 is 9.64 Å². The lowest BCUT2D eigenvalue weighted by Crippen LogP contribution is -2.30. The standard InChI is InChI=1S/C13H21N3O/c1-8(2)16-6-10-11(7-16)12(10)9-5-14-15(3)13(9)17-4/h5,8,10-12H,6-7H2,1-4H3.